The minimum atomic E-state index is -0.729. The molecule has 0 fully saturated rings. The molecule has 0 bridgehead atoms. The van der Waals surface area contributed by atoms with Gasteiger partial charge in [0.05, 0.1) is 36.8 Å². The Morgan fingerprint density at radius 1 is 1.33 bits per heavy atom. The molecule has 1 aromatic heterocycles. The molecule has 8 nitrogen and oxygen atoms in total. The van der Waals surface area contributed by atoms with Crippen molar-refractivity contribution < 1.29 is 23.5 Å². The molecule has 0 spiro atoms. The van der Waals surface area contributed by atoms with Crippen LogP contribution in [0.2, 0.25) is 0 Å². The fourth-order valence-electron chi connectivity index (χ4n) is 2.86. The van der Waals surface area contributed by atoms with E-state index in [1.54, 1.807) is 32.3 Å². The highest BCUT2D eigenvalue weighted by Gasteiger charge is 2.35. The third kappa shape index (κ3) is 3.91. The van der Waals surface area contributed by atoms with Crippen LogP contribution in [0.5, 0.6) is 0 Å². The number of imidazole rings is 1. The van der Waals surface area contributed by atoms with Gasteiger partial charge in [-0.25, -0.2) is 19.0 Å². The van der Waals surface area contributed by atoms with Crippen molar-refractivity contribution in [2.45, 2.75) is 45.4 Å². The molecule has 0 saturated carbocycles. The predicted molar refractivity (Wildman–Crippen MR) is 94.9 cm³/mol. The zero-order chi connectivity index (χ0) is 19.8. The molecule has 3 rings (SSSR count). The Hall–Kier alpha value is -2.97. The molecule has 2 unspecified atom stereocenters. The highest BCUT2D eigenvalue weighted by atomic mass is 19.1. The van der Waals surface area contributed by atoms with Crippen molar-refractivity contribution in [3.05, 3.63) is 41.8 Å². The molecular formula is C18H21FN4O4. The molecular weight excluding hydrogens is 355 g/mol. The number of carbonyl (C=O) groups excluding carboxylic acids is 2. The third-order valence-corrected chi connectivity index (χ3v) is 3.88. The minimum absolute atomic E-state index is 0.142. The summed E-state index contributed by atoms with van der Waals surface area (Å²) < 4.78 is 26.2. The summed E-state index contributed by atoms with van der Waals surface area (Å²) >= 11 is 0. The van der Waals surface area contributed by atoms with Crippen molar-refractivity contribution in [2.24, 2.45) is 4.99 Å². The number of aromatic nitrogens is 2. The number of nitrogens with one attached hydrogen (secondary N) is 1. The van der Waals surface area contributed by atoms with Crippen molar-refractivity contribution >= 4 is 17.9 Å². The van der Waals surface area contributed by atoms with Gasteiger partial charge in [-0.1, -0.05) is 0 Å². The molecule has 2 heterocycles. The number of alkyl carbamates (subject to hydrolysis) is 1. The van der Waals surface area contributed by atoms with Crippen molar-refractivity contribution in [2.75, 3.05) is 6.61 Å². The number of halogens is 1. The van der Waals surface area contributed by atoms with Gasteiger partial charge in [0.1, 0.15) is 17.1 Å². The summed E-state index contributed by atoms with van der Waals surface area (Å²) in [4.78, 5) is 32.6. The molecule has 0 radical (unpaired) electrons. The van der Waals surface area contributed by atoms with E-state index in [1.165, 1.54) is 24.7 Å². The number of rotatable bonds is 2. The van der Waals surface area contributed by atoms with Crippen LogP contribution in [0.1, 0.15) is 39.4 Å². The molecule has 27 heavy (non-hydrogen) atoms. The lowest BCUT2D eigenvalue weighted by Crippen LogP contribution is -2.42. The van der Waals surface area contributed by atoms with E-state index < -0.39 is 35.6 Å². The largest absolute Gasteiger partial charge is 0.462 e. The molecule has 1 aromatic rings. The van der Waals surface area contributed by atoms with Gasteiger partial charge in [-0.15, -0.1) is 0 Å². The zero-order valence-corrected chi connectivity index (χ0v) is 15.5. The lowest BCUT2D eigenvalue weighted by atomic mass is 9.95. The van der Waals surface area contributed by atoms with E-state index in [-0.39, 0.29) is 18.0 Å². The first kappa shape index (κ1) is 18.8. The van der Waals surface area contributed by atoms with Gasteiger partial charge in [-0.3, -0.25) is 10.3 Å². The number of nitrogens with zero attached hydrogens (tertiary/aromatic N) is 3. The Bertz CT molecular complexity index is 863. The Balaban J connectivity index is 1.91. The second kappa shape index (κ2) is 6.98. The number of fused-ring (bicyclic) bond motifs is 3. The molecule has 1 N–H and O–H groups in total. The second-order valence-corrected chi connectivity index (χ2v) is 7.09. The summed E-state index contributed by atoms with van der Waals surface area (Å²) in [6.45, 7) is 7.04. The normalized spacial score (nSPS) is 21.1. The maximum atomic E-state index is 14.4. The monoisotopic (exact) mass is 376 g/mol. The van der Waals surface area contributed by atoms with E-state index in [4.69, 9.17) is 9.47 Å². The van der Waals surface area contributed by atoms with Crippen LogP contribution in [-0.4, -0.2) is 45.7 Å². The fraction of sp³-hybridized carbons (Fsp3) is 0.444. The van der Waals surface area contributed by atoms with Crippen LogP contribution in [0.4, 0.5) is 9.18 Å². The smallest absolute Gasteiger partial charge is 0.413 e. The number of hydrogen-bond acceptors (Lipinski definition) is 6. The summed E-state index contributed by atoms with van der Waals surface area (Å²) in [5, 5.41) is 2.58. The van der Waals surface area contributed by atoms with Gasteiger partial charge in [0.2, 0.25) is 0 Å². The minimum Gasteiger partial charge on any atom is -0.462 e. The highest BCUT2D eigenvalue weighted by Crippen LogP contribution is 2.34. The maximum absolute atomic E-state index is 14.4. The van der Waals surface area contributed by atoms with Gasteiger partial charge in [0.25, 0.3) is 0 Å². The number of carbonyl (C=O) groups is 2. The average Bonchev–Trinajstić information content (AvgIpc) is 3.02. The summed E-state index contributed by atoms with van der Waals surface area (Å²) in [6.07, 6.45) is 5.09. The lowest BCUT2D eigenvalue weighted by Gasteiger charge is -2.31. The molecule has 1 aliphatic heterocycles. The molecule has 1 amide bonds. The molecule has 0 aromatic carbocycles. The third-order valence-electron chi connectivity index (χ3n) is 3.88. The number of hydrogen-bond donors (Lipinski definition) is 1. The SMILES string of the molecule is CCOC(=O)C1=CC2C(C=C1F)N=C(NC(=O)OC(C)(C)C)c1cncn12. The molecule has 2 atom stereocenters. The van der Waals surface area contributed by atoms with Crippen molar-refractivity contribution in [3.8, 4) is 0 Å². The molecule has 2 aliphatic rings. The van der Waals surface area contributed by atoms with E-state index in [2.05, 4.69) is 15.3 Å². The zero-order valence-electron chi connectivity index (χ0n) is 15.5. The Morgan fingerprint density at radius 2 is 2.07 bits per heavy atom. The summed E-state index contributed by atoms with van der Waals surface area (Å²) in [7, 11) is 0. The van der Waals surface area contributed by atoms with Crippen molar-refractivity contribution in [3.63, 3.8) is 0 Å². The van der Waals surface area contributed by atoms with E-state index >= 15 is 0 Å². The van der Waals surface area contributed by atoms with Gasteiger partial charge in [0, 0.05) is 0 Å². The van der Waals surface area contributed by atoms with Crippen molar-refractivity contribution in [1.82, 2.24) is 14.9 Å². The van der Waals surface area contributed by atoms with Gasteiger partial charge >= 0.3 is 12.1 Å². The van der Waals surface area contributed by atoms with E-state index in [1.807, 2.05) is 0 Å². The average molecular weight is 376 g/mol. The number of amidine groups is 1. The van der Waals surface area contributed by atoms with Gasteiger partial charge in [-0.05, 0) is 39.8 Å². The highest BCUT2D eigenvalue weighted by molar-refractivity contribution is 6.06. The van der Waals surface area contributed by atoms with Crippen LogP contribution in [-0.2, 0) is 14.3 Å². The molecule has 1 aliphatic carbocycles. The number of amides is 1. The van der Waals surface area contributed by atoms with Crippen LogP contribution in [0.3, 0.4) is 0 Å². The Kier molecular flexibility index (Phi) is 4.86. The lowest BCUT2D eigenvalue weighted by molar-refractivity contribution is -0.138. The van der Waals surface area contributed by atoms with Crippen LogP contribution >= 0.6 is 0 Å². The molecule has 9 heteroatoms. The molecule has 144 valence electrons. The van der Waals surface area contributed by atoms with Crippen LogP contribution < -0.4 is 5.32 Å². The molecule has 0 saturated heterocycles. The van der Waals surface area contributed by atoms with Crippen LogP contribution in [0.25, 0.3) is 0 Å². The van der Waals surface area contributed by atoms with Gasteiger partial charge in [0.15, 0.2) is 5.84 Å². The first-order valence-corrected chi connectivity index (χ1v) is 8.56. The van der Waals surface area contributed by atoms with Crippen LogP contribution in [0.15, 0.2) is 41.1 Å². The topological polar surface area (TPSA) is 94.8 Å². The standard InChI is InChI=1S/C18H21FN4O4/c1-5-26-16(24)10-6-13-12(7-11(10)19)21-15(14-8-20-9-23(13)14)22-17(25)27-18(2,3)4/h6-9,12-13H,5H2,1-4H3,(H,21,22,25). The van der Waals surface area contributed by atoms with E-state index in [9.17, 15) is 14.0 Å². The predicted octanol–water partition coefficient (Wildman–Crippen LogP) is 2.43. The number of aliphatic imine (C=N–C) groups is 1. The quantitative estimate of drug-likeness (QED) is 0.800. The maximum Gasteiger partial charge on any atom is 0.413 e. The number of esters is 1. The second-order valence-electron chi connectivity index (χ2n) is 7.09. The number of ether oxygens (including phenoxy) is 2. The van der Waals surface area contributed by atoms with Gasteiger partial charge < -0.3 is 14.0 Å². The van der Waals surface area contributed by atoms with Crippen LogP contribution in [0, 0.1) is 0 Å². The summed E-state index contributed by atoms with van der Waals surface area (Å²) in [6, 6.07) is -1.10. The van der Waals surface area contributed by atoms with E-state index in [0.29, 0.717) is 5.69 Å². The summed E-state index contributed by atoms with van der Waals surface area (Å²) in [5.41, 5.74) is -0.287. The Morgan fingerprint density at radius 3 is 2.74 bits per heavy atom. The first-order chi connectivity index (χ1) is 12.7. The Labute approximate surface area is 155 Å². The van der Waals surface area contributed by atoms with Gasteiger partial charge in [-0.2, -0.15) is 0 Å². The summed E-state index contributed by atoms with van der Waals surface area (Å²) in [5.74, 6) is -1.22. The fourth-order valence-corrected chi connectivity index (χ4v) is 2.86. The van der Waals surface area contributed by atoms with E-state index in [0.717, 1.165) is 0 Å². The first-order valence-electron chi connectivity index (χ1n) is 8.56. The van der Waals surface area contributed by atoms with Crippen molar-refractivity contribution in [1.29, 1.82) is 0 Å².